The molecule has 11 nitrogen and oxygen atoms in total. The number of amides is 1. The van der Waals surface area contributed by atoms with Gasteiger partial charge in [0.05, 0.1) is 75.4 Å². The molecule has 482 valence electrons. The van der Waals surface area contributed by atoms with E-state index in [0.717, 1.165) is 98.7 Å². The number of thiazole rings is 2. The first-order valence-corrected chi connectivity index (χ1v) is 37.5. The number of phenolic OH excluding ortho intramolecular Hbond substituents is 1. The summed E-state index contributed by atoms with van der Waals surface area (Å²) in [6, 6.07) is 62.3. The number of aromatic nitrogens is 2. The van der Waals surface area contributed by atoms with Crippen LogP contribution in [0, 0.1) is 6.92 Å². The van der Waals surface area contributed by atoms with Crippen molar-refractivity contribution in [1.82, 2.24) is 9.97 Å². The summed E-state index contributed by atoms with van der Waals surface area (Å²) < 4.78 is 27.3. The van der Waals surface area contributed by atoms with Crippen LogP contribution in [-0.4, -0.2) is 52.5 Å². The number of carbonyl (C=O) groups is 2. The third kappa shape index (κ3) is 21.5. The number of fused-ring (bicyclic) bond motifs is 2. The van der Waals surface area contributed by atoms with Gasteiger partial charge < -0.3 is 35.7 Å². The van der Waals surface area contributed by atoms with E-state index < -0.39 is 5.24 Å². The molecule has 12 rings (SSSR count). The molecule has 2 heterocycles. The molecule has 0 aliphatic carbocycles. The predicted octanol–water partition coefficient (Wildman–Crippen LogP) is 25.3. The number of hydrogen-bond acceptors (Lipinski definition) is 12. The number of hydrogen-bond donors (Lipinski definition) is 4. The Hall–Kier alpha value is -4.90. The second-order valence-electron chi connectivity index (χ2n) is 19.0. The van der Waals surface area contributed by atoms with Crippen LogP contribution in [0.3, 0.4) is 0 Å². The van der Waals surface area contributed by atoms with E-state index in [4.69, 9.17) is 48.7 Å². The van der Waals surface area contributed by atoms with E-state index in [1.807, 2.05) is 121 Å². The molecule has 0 saturated carbocycles. The van der Waals surface area contributed by atoms with Crippen molar-refractivity contribution >= 4 is 259 Å². The van der Waals surface area contributed by atoms with Gasteiger partial charge in [-0.2, -0.15) is 0 Å². The monoisotopic (exact) mass is 1960 g/mol. The van der Waals surface area contributed by atoms with Gasteiger partial charge in [0.2, 0.25) is 0 Å². The molecule has 0 fully saturated rings. The number of benzene rings is 10. The fourth-order valence-corrected chi connectivity index (χ4v) is 15.0. The van der Waals surface area contributed by atoms with Crippen LogP contribution in [0.25, 0.3) is 41.6 Å². The second kappa shape index (κ2) is 37.7. The highest BCUT2D eigenvalue weighted by atomic mass is 79.9. The van der Waals surface area contributed by atoms with Gasteiger partial charge in [-0.3, -0.25) is 9.59 Å². The predicted molar refractivity (Wildman–Crippen MR) is 430 cm³/mol. The first kappa shape index (κ1) is 76.5. The summed E-state index contributed by atoms with van der Waals surface area (Å²) in [6.45, 7) is 2.12. The minimum Gasteiger partial charge on any atom is -0.507 e. The number of ether oxygens (including phenoxy) is 3. The third-order valence-electron chi connectivity index (χ3n) is 12.7. The van der Waals surface area contributed by atoms with Crippen LogP contribution in [0.4, 0.5) is 17.1 Å². The van der Waals surface area contributed by atoms with Crippen molar-refractivity contribution in [3.05, 3.63) is 267 Å². The lowest BCUT2D eigenvalue weighted by atomic mass is 10.1. The molecule has 0 atom stereocenters. The molecule has 25 heteroatoms. The Balaban J connectivity index is 0.000000162. The van der Waals surface area contributed by atoms with Gasteiger partial charge in [0.1, 0.15) is 38.0 Å². The Kier molecular flexibility index (Phi) is 30.7. The standard InChI is InChI=1S/C14H11Br2NO2.C14H11Br2NOS.C14H9Br2NS.C13H7Br2NOS.C8H7ClO2.C6H5Br2N/c1-19-13-5-3-2-4-10(13)14(18)17-12-8-9(15)6-7-11(12)16;1-18-13-5-3-2-4-10(13)14(19)17-12-8-9(15)6-7-11(12)16;1-8-4-2-3-5-9(8)14-17-12-10(15)6-7-11(16)13(12)18-14;14-8-5-6-9(15)12-11(8)16-13(18-12)7-3-1-2-4-10(7)17;1-11-7-5-3-2-4-6(7)8(9)10;7-4-1-2-5(8)6(9)3-4/h2-8H,1H3,(H,17,18);2-8H,1H3,(H,17,19);2-7H,1H3;1-6,17H;2-5H,1H3;1-3H,9H2. The quantitative estimate of drug-likeness (QED) is 0.0587. The molecule has 0 bridgehead atoms. The molecule has 1 amide bonds. The number of para-hydroxylation sites is 4. The van der Waals surface area contributed by atoms with E-state index in [0.29, 0.717) is 33.3 Å². The van der Waals surface area contributed by atoms with Crippen molar-refractivity contribution in [3.63, 3.8) is 0 Å². The van der Waals surface area contributed by atoms with Crippen molar-refractivity contribution < 1.29 is 28.9 Å². The zero-order valence-electron chi connectivity index (χ0n) is 49.4. The number of rotatable bonds is 10. The van der Waals surface area contributed by atoms with Gasteiger partial charge >= 0.3 is 0 Å². The average Bonchev–Trinajstić information content (AvgIpc) is 1.66. The number of thiocarbonyl (C=S) groups is 1. The van der Waals surface area contributed by atoms with Crippen LogP contribution in [0.5, 0.6) is 23.0 Å². The number of nitrogen functional groups attached to an aromatic ring is 1. The maximum Gasteiger partial charge on any atom is 0.259 e. The number of carbonyl (C=O) groups excluding carboxylic acids is 2. The Labute approximate surface area is 646 Å². The van der Waals surface area contributed by atoms with Crippen LogP contribution in [0.15, 0.2) is 245 Å². The summed E-state index contributed by atoms with van der Waals surface area (Å²) in [6.07, 6.45) is 0. The zero-order valence-corrected chi connectivity index (χ0v) is 68.5. The summed E-state index contributed by atoms with van der Waals surface area (Å²) in [5, 5.41) is 17.3. The molecular weight excluding hydrogens is 1930 g/mol. The molecule has 0 saturated heterocycles. The number of phenols is 1. The number of nitrogens with two attached hydrogens (primary N) is 1. The lowest BCUT2D eigenvalue weighted by Gasteiger charge is -2.13. The van der Waals surface area contributed by atoms with E-state index >= 15 is 0 Å². The smallest absolute Gasteiger partial charge is 0.259 e. The Morgan fingerprint density at radius 1 is 0.468 bits per heavy atom. The highest BCUT2D eigenvalue weighted by molar-refractivity contribution is 9.12. The molecule has 0 radical (unpaired) electrons. The van der Waals surface area contributed by atoms with Crippen molar-refractivity contribution in [1.29, 1.82) is 0 Å². The van der Waals surface area contributed by atoms with Crippen molar-refractivity contribution in [2.75, 3.05) is 37.7 Å². The van der Waals surface area contributed by atoms with Gasteiger partial charge in [-0.25, -0.2) is 9.97 Å². The van der Waals surface area contributed by atoms with Crippen LogP contribution >= 0.6 is 206 Å². The second-order valence-corrected chi connectivity index (χ2v) is 30.5. The number of aryl methyl sites for hydroxylation is 1. The Morgan fingerprint density at radius 2 is 0.851 bits per heavy atom. The molecule has 2 aromatic heterocycles. The van der Waals surface area contributed by atoms with Crippen LogP contribution in [-0.2, 0) is 0 Å². The molecule has 0 spiro atoms. The molecular formula is C69H50Br10ClN5O6S3. The molecule has 94 heavy (non-hydrogen) atoms. The third-order valence-corrected chi connectivity index (χ3v) is 22.2. The Bertz CT molecular complexity index is 4340. The van der Waals surface area contributed by atoms with Crippen LogP contribution < -0.4 is 30.6 Å². The van der Waals surface area contributed by atoms with E-state index in [9.17, 15) is 14.7 Å². The van der Waals surface area contributed by atoms with Gasteiger partial charge in [0.15, 0.2) is 0 Å². The molecule has 0 aliphatic heterocycles. The van der Waals surface area contributed by atoms with Crippen molar-refractivity contribution in [2.45, 2.75) is 6.92 Å². The first-order chi connectivity index (χ1) is 45.0. The van der Waals surface area contributed by atoms with Crippen molar-refractivity contribution in [3.8, 4) is 44.1 Å². The largest absolute Gasteiger partial charge is 0.507 e. The number of nitrogens with one attached hydrogen (secondary N) is 2. The van der Waals surface area contributed by atoms with E-state index in [-0.39, 0.29) is 11.7 Å². The summed E-state index contributed by atoms with van der Waals surface area (Å²) in [5.74, 6) is 1.85. The van der Waals surface area contributed by atoms with E-state index in [1.54, 1.807) is 91.5 Å². The van der Waals surface area contributed by atoms with E-state index in [2.05, 4.69) is 206 Å². The SMILES string of the molecule is COc1ccccc1C(=O)Cl.COc1ccccc1C(=O)Nc1cc(Br)ccc1Br.COc1ccccc1C(=S)Nc1cc(Br)ccc1Br.Cc1ccccc1-c1nc2c(Br)ccc(Br)c2s1.Nc1cc(Br)ccc1Br.Oc1ccccc1-c1nc2c(Br)ccc(Br)c2s1. The maximum absolute atomic E-state index is 12.2. The van der Waals surface area contributed by atoms with Crippen LogP contribution in [0.2, 0.25) is 0 Å². The number of aromatic hydroxyl groups is 1. The van der Waals surface area contributed by atoms with Crippen molar-refractivity contribution in [2.24, 2.45) is 0 Å². The lowest BCUT2D eigenvalue weighted by Crippen LogP contribution is -2.13. The highest BCUT2D eigenvalue weighted by Crippen LogP contribution is 2.42. The van der Waals surface area contributed by atoms with E-state index in [1.165, 1.54) is 22.9 Å². The van der Waals surface area contributed by atoms with Gasteiger partial charge in [0, 0.05) is 56.0 Å². The molecule has 10 aromatic carbocycles. The fraction of sp³-hybridized carbons (Fsp3) is 0.0580. The molecule has 0 unspecified atom stereocenters. The minimum absolute atomic E-state index is 0.212. The van der Waals surface area contributed by atoms with Gasteiger partial charge in [-0.1, -0.05) is 133 Å². The number of halogens is 11. The number of methoxy groups -OCH3 is 3. The van der Waals surface area contributed by atoms with Gasteiger partial charge in [0.25, 0.3) is 11.1 Å². The minimum atomic E-state index is -0.498. The summed E-state index contributed by atoms with van der Waals surface area (Å²) in [4.78, 5) is 32.9. The summed E-state index contributed by atoms with van der Waals surface area (Å²) >= 11 is 48.4. The molecule has 12 aromatic rings. The average molecular weight is 1980 g/mol. The highest BCUT2D eigenvalue weighted by Gasteiger charge is 2.17. The van der Waals surface area contributed by atoms with Crippen LogP contribution in [0.1, 0.15) is 31.8 Å². The fourth-order valence-electron chi connectivity index (χ4n) is 8.14. The first-order valence-electron chi connectivity index (χ1n) is 27.2. The van der Waals surface area contributed by atoms with Gasteiger partial charge in [-0.15, -0.1) is 22.7 Å². The van der Waals surface area contributed by atoms with Gasteiger partial charge in [-0.05, 0) is 263 Å². The molecule has 5 N–H and O–H groups in total. The maximum atomic E-state index is 12.2. The molecule has 0 aliphatic rings. The zero-order chi connectivity index (χ0) is 68.2. The topological polar surface area (TPSA) is 158 Å². The lowest BCUT2D eigenvalue weighted by molar-refractivity contribution is 0.102. The normalized spacial score (nSPS) is 10.3. The summed E-state index contributed by atoms with van der Waals surface area (Å²) in [5.41, 5.74) is 14.8. The number of nitrogens with zero attached hydrogens (tertiary/aromatic N) is 2. The Morgan fingerprint density at radius 3 is 1.31 bits per heavy atom. The summed E-state index contributed by atoms with van der Waals surface area (Å²) in [7, 11) is 4.68. The number of anilines is 3.